The largest absolute Gasteiger partial charge is 0.461 e. The van der Waals surface area contributed by atoms with Gasteiger partial charge in [0.25, 0.3) is 5.91 Å². The van der Waals surface area contributed by atoms with Gasteiger partial charge in [-0.05, 0) is 44.6 Å². The molecule has 5 heteroatoms. The number of carbonyl (C=O) groups excluding carboxylic acids is 2. The Kier molecular flexibility index (Phi) is 3.20. The first kappa shape index (κ1) is 13.1. The van der Waals surface area contributed by atoms with Gasteiger partial charge in [0, 0.05) is 11.6 Å². The maximum Gasteiger partial charge on any atom is 0.358 e. The Balaban J connectivity index is 1.82. The van der Waals surface area contributed by atoms with E-state index in [1.165, 1.54) is 4.68 Å². The van der Waals surface area contributed by atoms with E-state index in [4.69, 9.17) is 4.74 Å². The van der Waals surface area contributed by atoms with Crippen LogP contribution in [-0.4, -0.2) is 28.3 Å². The third kappa shape index (κ3) is 2.07. The molecule has 1 fully saturated rings. The smallest absolute Gasteiger partial charge is 0.358 e. The van der Waals surface area contributed by atoms with E-state index in [9.17, 15) is 9.59 Å². The summed E-state index contributed by atoms with van der Waals surface area (Å²) in [5.41, 5.74) is 0.890. The molecule has 1 aromatic heterocycles. The molecule has 0 saturated heterocycles. The van der Waals surface area contributed by atoms with Crippen LogP contribution in [0.15, 0.2) is 18.2 Å². The average Bonchev–Trinajstić information content (AvgIpc) is 3.12. The van der Waals surface area contributed by atoms with Crippen molar-refractivity contribution in [3.05, 3.63) is 29.6 Å². The summed E-state index contributed by atoms with van der Waals surface area (Å²) < 4.78 is 6.28. The molecule has 106 valence electrons. The van der Waals surface area contributed by atoms with Gasteiger partial charge in [-0.3, -0.25) is 4.79 Å². The van der Waals surface area contributed by atoms with Gasteiger partial charge >= 0.3 is 5.97 Å². The Labute approximate surface area is 117 Å². The number of esters is 1. The monoisotopic (exact) mass is 274 g/mol. The van der Waals surface area contributed by atoms with Crippen molar-refractivity contribution in [2.75, 3.05) is 6.61 Å². The van der Waals surface area contributed by atoms with Crippen LogP contribution in [0.25, 0.3) is 0 Å². The number of nitrogens with zero attached hydrogens (tertiary/aromatic N) is 2. The highest BCUT2D eigenvalue weighted by atomic mass is 16.5. The first-order chi connectivity index (χ1) is 9.60. The first-order valence-corrected chi connectivity index (χ1v) is 7.06. The summed E-state index contributed by atoms with van der Waals surface area (Å²) in [5, 5.41) is 4.12. The van der Waals surface area contributed by atoms with Gasteiger partial charge in [0.2, 0.25) is 0 Å². The van der Waals surface area contributed by atoms with E-state index in [1.807, 2.05) is 0 Å². The Hall–Kier alpha value is -1.91. The van der Waals surface area contributed by atoms with E-state index in [1.54, 1.807) is 19.9 Å². The van der Waals surface area contributed by atoms with Crippen molar-refractivity contribution in [2.24, 2.45) is 17.8 Å². The van der Waals surface area contributed by atoms with Gasteiger partial charge in [-0.2, -0.15) is 5.10 Å². The fraction of sp³-hybridized carbons (Fsp3) is 0.533. The summed E-state index contributed by atoms with van der Waals surface area (Å²) in [6.07, 6.45) is 6.31. The van der Waals surface area contributed by atoms with Crippen LogP contribution in [-0.2, 0) is 4.74 Å². The summed E-state index contributed by atoms with van der Waals surface area (Å²) >= 11 is 0. The van der Waals surface area contributed by atoms with E-state index >= 15 is 0 Å². The summed E-state index contributed by atoms with van der Waals surface area (Å²) in [7, 11) is 0. The number of rotatable bonds is 3. The molecule has 0 aliphatic heterocycles. The zero-order valence-electron chi connectivity index (χ0n) is 11.7. The van der Waals surface area contributed by atoms with Crippen molar-refractivity contribution in [1.82, 2.24) is 9.78 Å². The fourth-order valence-corrected chi connectivity index (χ4v) is 3.22. The van der Waals surface area contributed by atoms with E-state index < -0.39 is 5.97 Å². The number of fused-ring (bicyclic) bond motifs is 2. The second kappa shape index (κ2) is 4.89. The van der Waals surface area contributed by atoms with Gasteiger partial charge in [-0.1, -0.05) is 12.2 Å². The molecule has 0 spiro atoms. The van der Waals surface area contributed by atoms with Gasteiger partial charge in [0.05, 0.1) is 6.61 Å². The standard InChI is InChI=1S/C15H18N2O3/c1-3-20-15(19)13-6-9(2)17(16-13)14(18)12-8-10-4-5-11(12)7-10/h4-6,10-12H,3,7-8H2,1-2H3/t10-,11+,12?/m0/s1. The Morgan fingerprint density at radius 2 is 2.20 bits per heavy atom. The normalized spacial score (nSPS) is 27.0. The van der Waals surface area contributed by atoms with Crippen LogP contribution >= 0.6 is 0 Å². The summed E-state index contributed by atoms with van der Waals surface area (Å²) in [6.45, 7) is 3.83. The van der Waals surface area contributed by atoms with Gasteiger partial charge in [0.15, 0.2) is 5.69 Å². The lowest BCUT2D eigenvalue weighted by Crippen LogP contribution is -2.27. The molecule has 3 atom stereocenters. The minimum atomic E-state index is -0.477. The molecule has 0 radical (unpaired) electrons. The topological polar surface area (TPSA) is 61.2 Å². The van der Waals surface area contributed by atoms with Crippen LogP contribution in [0.2, 0.25) is 0 Å². The summed E-state index contributed by atoms with van der Waals surface area (Å²) in [4.78, 5) is 24.2. The molecule has 3 rings (SSSR count). The average molecular weight is 274 g/mol. The van der Waals surface area contributed by atoms with Crippen LogP contribution in [0.4, 0.5) is 0 Å². The minimum absolute atomic E-state index is 0.00125. The number of aromatic nitrogens is 2. The Morgan fingerprint density at radius 1 is 1.40 bits per heavy atom. The van der Waals surface area contributed by atoms with Crippen LogP contribution < -0.4 is 0 Å². The van der Waals surface area contributed by atoms with Gasteiger partial charge in [0.1, 0.15) is 0 Å². The Morgan fingerprint density at radius 3 is 2.80 bits per heavy atom. The number of aryl methyl sites for hydroxylation is 1. The van der Waals surface area contributed by atoms with Crippen molar-refractivity contribution < 1.29 is 14.3 Å². The van der Waals surface area contributed by atoms with Crippen molar-refractivity contribution in [3.63, 3.8) is 0 Å². The van der Waals surface area contributed by atoms with Crippen molar-refractivity contribution in [3.8, 4) is 0 Å². The fourth-order valence-electron chi connectivity index (χ4n) is 3.22. The maximum atomic E-state index is 12.6. The second-order valence-electron chi connectivity index (χ2n) is 5.53. The van der Waals surface area contributed by atoms with Crippen molar-refractivity contribution in [1.29, 1.82) is 0 Å². The molecule has 1 heterocycles. The SMILES string of the molecule is CCOC(=O)c1cc(C)n(C(=O)C2C[C@H]3C=C[C@@H]2C3)n1. The third-order valence-corrected chi connectivity index (χ3v) is 4.18. The predicted octanol–water partition coefficient (Wildman–Crippen LogP) is 2.22. The molecule has 1 saturated carbocycles. The van der Waals surface area contributed by atoms with E-state index in [0.717, 1.165) is 12.8 Å². The van der Waals surface area contributed by atoms with Gasteiger partial charge < -0.3 is 4.74 Å². The number of ether oxygens (including phenoxy) is 1. The van der Waals surface area contributed by atoms with E-state index in [-0.39, 0.29) is 17.5 Å². The third-order valence-electron chi connectivity index (χ3n) is 4.18. The van der Waals surface area contributed by atoms with Crippen LogP contribution in [0.3, 0.4) is 0 Å². The molecule has 2 bridgehead atoms. The van der Waals surface area contributed by atoms with Gasteiger partial charge in [-0.15, -0.1) is 0 Å². The van der Waals surface area contributed by atoms with Gasteiger partial charge in [-0.25, -0.2) is 9.48 Å². The molecule has 2 aliphatic rings. The highest BCUT2D eigenvalue weighted by molar-refractivity contribution is 5.89. The van der Waals surface area contributed by atoms with Crippen LogP contribution in [0, 0.1) is 24.7 Å². The lowest BCUT2D eigenvalue weighted by molar-refractivity contribution is 0.0518. The molecular formula is C15H18N2O3. The summed E-state index contributed by atoms with van der Waals surface area (Å²) in [5.74, 6) is 0.389. The lowest BCUT2D eigenvalue weighted by Gasteiger charge is -2.16. The minimum Gasteiger partial charge on any atom is -0.461 e. The van der Waals surface area contributed by atoms with Crippen LogP contribution in [0.1, 0.15) is 40.7 Å². The number of hydrogen-bond donors (Lipinski definition) is 0. The zero-order chi connectivity index (χ0) is 14.3. The molecule has 1 unspecified atom stereocenters. The molecular weight excluding hydrogens is 256 g/mol. The highest BCUT2D eigenvalue weighted by Gasteiger charge is 2.41. The Bertz CT molecular complexity index is 588. The molecule has 5 nitrogen and oxygen atoms in total. The quantitative estimate of drug-likeness (QED) is 0.626. The number of carbonyl (C=O) groups is 2. The summed E-state index contributed by atoms with van der Waals surface area (Å²) in [6, 6.07) is 1.61. The molecule has 0 amide bonds. The molecule has 20 heavy (non-hydrogen) atoms. The second-order valence-corrected chi connectivity index (χ2v) is 5.53. The maximum absolute atomic E-state index is 12.6. The molecule has 0 aromatic carbocycles. The lowest BCUT2D eigenvalue weighted by atomic mass is 9.93. The zero-order valence-corrected chi connectivity index (χ0v) is 11.7. The molecule has 1 aromatic rings. The van der Waals surface area contributed by atoms with Crippen molar-refractivity contribution >= 4 is 11.9 Å². The van der Waals surface area contributed by atoms with Crippen LogP contribution in [0.5, 0.6) is 0 Å². The number of hydrogen-bond acceptors (Lipinski definition) is 4. The predicted molar refractivity (Wildman–Crippen MR) is 72.4 cm³/mol. The van der Waals surface area contributed by atoms with E-state index in [2.05, 4.69) is 17.3 Å². The highest BCUT2D eigenvalue weighted by Crippen LogP contribution is 2.44. The number of allylic oxidation sites excluding steroid dienone is 2. The molecule has 0 N–H and O–H groups in total. The van der Waals surface area contributed by atoms with Crippen molar-refractivity contribution in [2.45, 2.75) is 26.7 Å². The first-order valence-electron chi connectivity index (χ1n) is 7.06. The van der Waals surface area contributed by atoms with E-state index in [0.29, 0.717) is 24.1 Å². The molecule has 2 aliphatic carbocycles.